The van der Waals surface area contributed by atoms with E-state index in [4.69, 9.17) is 16.5 Å². The van der Waals surface area contributed by atoms with Crippen molar-refractivity contribution in [3.63, 3.8) is 0 Å². The number of nitrogen functional groups attached to an aromatic ring is 1. The first-order valence-corrected chi connectivity index (χ1v) is 8.82. The highest BCUT2D eigenvalue weighted by molar-refractivity contribution is 5.78. The molecule has 1 spiro atoms. The van der Waals surface area contributed by atoms with Gasteiger partial charge in [0.15, 0.2) is 0 Å². The van der Waals surface area contributed by atoms with E-state index in [1.54, 1.807) is 4.90 Å². The summed E-state index contributed by atoms with van der Waals surface area (Å²) in [5.74, 6) is 5.51. The number of nitrogens with one attached hydrogen (secondary N) is 1. The van der Waals surface area contributed by atoms with Crippen LogP contribution >= 0.6 is 0 Å². The lowest BCUT2D eigenvalue weighted by atomic mass is 9.65. The molecule has 1 aliphatic carbocycles. The van der Waals surface area contributed by atoms with Crippen LogP contribution in [0.15, 0.2) is 12.1 Å². The number of nitriles is 1. The SMILES string of the molecule is N#CCC(=O)N1CCC2(CCC(c3c(F)ccc(=N)n3N)CC2)CC1. The summed E-state index contributed by atoms with van der Waals surface area (Å²) >= 11 is 0. The summed E-state index contributed by atoms with van der Waals surface area (Å²) in [7, 11) is 0. The first-order valence-electron chi connectivity index (χ1n) is 8.82. The van der Waals surface area contributed by atoms with Gasteiger partial charge in [0.25, 0.3) is 0 Å². The van der Waals surface area contributed by atoms with Gasteiger partial charge >= 0.3 is 0 Å². The number of pyridine rings is 1. The van der Waals surface area contributed by atoms with Crippen LogP contribution in [0.3, 0.4) is 0 Å². The highest BCUT2D eigenvalue weighted by Gasteiger charge is 2.40. The molecule has 1 saturated heterocycles. The second kappa shape index (κ2) is 6.87. The Balaban J connectivity index is 1.64. The van der Waals surface area contributed by atoms with Gasteiger partial charge in [-0.2, -0.15) is 5.26 Å². The number of hydrogen-bond acceptors (Lipinski definition) is 4. The number of nitrogens with zero attached hydrogens (tertiary/aromatic N) is 3. The van der Waals surface area contributed by atoms with Crippen molar-refractivity contribution in [1.82, 2.24) is 9.58 Å². The van der Waals surface area contributed by atoms with Gasteiger partial charge in [-0.1, -0.05) is 0 Å². The fraction of sp³-hybridized carbons (Fsp3) is 0.611. The summed E-state index contributed by atoms with van der Waals surface area (Å²) in [5.41, 5.74) is 0.763. The number of aromatic nitrogens is 1. The van der Waals surface area contributed by atoms with Crippen LogP contribution in [0, 0.1) is 28.0 Å². The minimum Gasteiger partial charge on any atom is -0.342 e. The summed E-state index contributed by atoms with van der Waals surface area (Å²) in [6.45, 7) is 1.41. The quantitative estimate of drug-likeness (QED) is 0.802. The van der Waals surface area contributed by atoms with Crippen molar-refractivity contribution in [3.8, 4) is 6.07 Å². The minimum absolute atomic E-state index is 0.0409. The number of likely N-dealkylation sites (tertiary alicyclic amines) is 1. The molecule has 0 bridgehead atoms. The van der Waals surface area contributed by atoms with Crippen molar-refractivity contribution in [2.75, 3.05) is 18.9 Å². The standard InChI is InChI=1S/C18H24FN5O/c19-14-1-2-15(21)24(22)17(14)13-3-6-18(7-4-13)8-11-23(12-9-18)16(25)5-10-20/h1-2,13,21H,3-9,11-12,22H2. The number of carbonyl (C=O) groups is 1. The number of hydrogen-bond donors (Lipinski definition) is 2. The van der Waals surface area contributed by atoms with E-state index in [1.807, 2.05) is 6.07 Å². The third kappa shape index (κ3) is 3.39. The van der Waals surface area contributed by atoms with Crippen molar-refractivity contribution in [2.24, 2.45) is 5.41 Å². The van der Waals surface area contributed by atoms with Crippen LogP contribution in [0.2, 0.25) is 0 Å². The molecule has 7 heteroatoms. The average Bonchev–Trinajstić information content (AvgIpc) is 2.61. The van der Waals surface area contributed by atoms with E-state index in [-0.39, 0.29) is 35.0 Å². The fourth-order valence-corrected chi connectivity index (χ4v) is 4.37. The molecular formula is C18H24FN5O. The Labute approximate surface area is 146 Å². The molecule has 1 saturated carbocycles. The van der Waals surface area contributed by atoms with Crippen LogP contribution in [0.25, 0.3) is 0 Å². The monoisotopic (exact) mass is 345 g/mol. The molecule has 1 amide bonds. The second-order valence-electron chi connectivity index (χ2n) is 7.31. The predicted octanol–water partition coefficient (Wildman–Crippen LogP) is 2.00. The van der Waals surface area contributed by atoms with Gasteiger partial charge in [0.2, 0.25) is 5.91 Å². The first-order chi connectivity index (χ1) is 12.0. The van der Waals surface area contributed by atoms with E-state index in [1.165, 1.54) is 16.8 Å². The van der Waals surface area contributed by atoms with Gasteiger partial charge in [-0.3, -0.25) is 10.2 Å². The molecule has 0 aromatic carbocycles. The predicted molar refractivity (Wildman–Crippen MR) is 90.1 cm³/mol. The Morgan fingerprint density at radius 1 is 1.32 bits per heavy atom. The van der Waals surface area contributed by atoms with Crippen LogP contribution in [-0.2, 0) is 4.79 Å². The van der Waals surface area contributed by atoms with Crippen LogP contribution in [-0.4, -0.2) is 28.6 Å². The van der Waals surface area contributed by atoms with Crippen LogP contribution in [0.5, 0.6) is 0 Å². The zero-order chi connectivity index (χ0) is 18.0. The zero-order valence-electron chi connectivity index (χ0n) is 14.3. The minimum atomic E-state index is -0.337. The fourth-order valence-electron chi connectivity index (χ4n) is 4.37. The van der Waals surface area contributed by atoms with E-state index >= 15 is 0 Å². The van der Waals surface area contributed by atoms with Crippen LogP contribution in [0.1, 0.15) is 56.6 Å². The van der Waals surface area contributed by atoms with E-state index in [0.29, 0.717) is 18.8 Å². The topological polar surface area (TPSA) is 98.9 Å². The van der Waals surface area contributed by atoms with Crippen molar-refractivity contribution >= 4 is 5.91 Å². The molecule has 2 fully saturated rings. The molecule has 2 aliphatic rings. The normalized spacial score (nSPS) is 20.4. The Morgan fingerprint density at radius 3 is 2.56 bits per heavy atom. The molecule has 3 N–H and O–H groups in total. The Kier molecular flexibility index (Phi) is 4.80. The van der Waals surface area contributed by atoms with Crippen LogP contribution < -0.4 is 11.3 Å². The van der Waals surface area contributed by atoms with E-state index in [2.05, 4.69) is 0 Å². The number of piperidine rings is 1. The lowest BCUT2D eigenvalue weighted by Crippen LogP contribution is -2.44. The van der Waals surface area contributed by atoms with Crippen molar-refractivity contribution in [1.29, 1.82) is 10.7 Å². The van der Waals surface area contributed by atoms with E-state index in [0.717, 1.165) is 38.5 Å². The van der Waals surface area contributed by atoms with Crippen molar-refractivity contribution < 1.29 is 9.18 Å². The third-order valence-electron chi connectivity index (χ3n) is 5.99. The molecule has 0 unspecified atom stereocenters. The number of amides is 1. The van der Waals surface area contributed by atoms with Gasteiger partial charge in [-0.05, 0) is 56.1 Å². The first kappa shape index (κ1) is 17.5. The lowest BCUT2D eigenvalue weighted by molar-refractivity contribution is -0.132. The second-order valence-corrected chi connectivity index (χ2v) is 7.31. The molecule has 1 aliphatic heterocycles. The maximum absolute atomic E-state index is 14.2. The lowest BCUT2D eigenvalue weighted by Gasteiger charge is -2.46. The van der Waals surface area contributed by atoms with Crippen molar-refractivity contribution in [3.05, 3.63) is 29.1 Å². The Morgan fingerprint density at radius 2 is 1.96 bits per heavy atom. The average molecular weight is 345 g/mol. The number of carbonyl (C=O) groups excluding carboxylic acids is 1. The summed E-state index contributed by atoms with van der Waals surface area (Å²) in [4.78, 5) is 13.6. The number of halogens is 1. The smallest absolute Gasteiger partial charge is 0.236 e. The van der Waals surface area contributed by atoms with Gasteiger partial charge in [0.05, 0.1) is 11.8 Å². The van der Waals surface area contributed by atoms with Gasteiger partial charge in [0.1, 0.15) is 17.7 Å². The van der Waals surface area contributed by atoms with Gasteiger partial charge in [-0.25, -0.2) is 9.07 Å². The molecule has 25 heavy (non-hydrogen) atoms. The van der Waals surface area contributed by atoms with Crippen molar-refractivity contribution in [2.45, 2.75) is 50.9 Å². The molecular weight excluding hydrogens is 321 g/mol. The molecule has 3 rings (SSSR count). The Hall–Kier alpha value is -2.36. The van der Waals surface area contributed by atoms with Gasteiger partial charge < -0.3 is 10.7 Å². The maximum atomic E-state index is 14.2. The number of nitrogens with two attached hydrogens (primary N) is 1. The highest BCUT2D eigenvalue weighted by atomic mass is 19.1. The van der Waals surface area contributed by atoms with Gasteiger partial charge in [-0.15, -0.1) is 0 Å². The maximum Gasteiger partial charge on any atom is 0.236 e. The highest BCUT2D eigenvalue weighted by Crippen LogP contribution is 2.48. The zero-order valence-corrected chi connectivity index (χ0v) is 14.3. The molecule has 2 heterocycles. The van der Waals surface area contributed by atoms with Crippen LogP contribution in [0.4, 0.5) is 4.39 Å². The molecule has 0 radical (unpaired) electrons. The van der Waals surface area contributed by atoms with E-state index < -0.39 is 0 Å². The molecule has 0 atom stereocenters. The van der Waals surface area contributed by atoms with Gasteiger partial charge in [0, 0.05) is 19.0 Å². The summed E-state index contributed by atoms with van der Waals surface area (Å²) in [5, 5.41) is 16.4. The molecule has 1 aromatic heterocycles. The molecule has 6 nitrogen and oxygen atoms in total. The summed E-state index contributed by atoms with van der Waals surface area (Å²) < 4.78 is 15.4. The Bertz CT molecular complexity index is 748. The largest absolute Gasteiger partial charge is 0.342 e. The summed E-state index contributed by atoms with van der Waals surface area (Å²) in [6.07, 6.45) is 5.52. The third-order valence-corrected chi connectivity index (χ3v) is 5.99. The summed E-state index contributed by atoms with van der Waals surface area (Å²) in [6, 6.07) is 4.61. The van der Waals surface area contributed by atoms with E-state index in [9.17, 15) is 9.18 Å². The molecule has 134 valence electrons. The molecule has 1 aromatic rings. The number of rotatable bonds is 2.